The summed E-state index contributed by atoms with van der Waals surface area (Å²) in [5.41, 5.74) is -6.19. The zero-order valence-corrected chi connectivity index (χ0v) is 18.2. The van der Waals surface area contributed by atoms with Crippen molar-refractivity contribution in [2.45, 2.75) is 24.4 Å². The Labute approximate surface area is 191 Å². The number of hydrogen-bond donors (Lipinski definition) is 3. The Morgan fingerprint density at radius 1 is 0.824 bits per heavy atom. The van der Waals surface area contributed by atoms with Gasteiger partial charge in [-0.05, 0) is 63.5 Å². The summed E-state index contributed by atoms with van der Waals surface area (Å²) in [5, 5.41) is 14.6. The standard InChI is InChI=1S/C22H23F6N3O3/c1-31(2)13-3-12-29-18(32)14-6-10-17(11-7-14)30-19(33)15-4-8-16(9-5-15)20(34,21(23,24)25)22(26,27)28/h4-11,34H,3,12-13H2,1-2H3,(H,29,32)(H,30,33). The molecule has 2 rings (SSSR count). The van der Waals surface area contributed by atoms with Crippen LogP contribution in [0.25, 0.3) is 0 Å². The summed E-state index contributed by atoms with van der Waals surface area (Å²) in [6.45, 7) is 1.28. The third kappa shape index (κ3) is 6.26. The highest BCUT2D eigenvalue weighted by molar-refractivity contribution is 6.04. The molecule has 0 aliphatic rings. The highest BCUT2D eigenvalue weighted by Crippen LogP contribution is 2.49. The molecule has 34 heavy (non-hydrogen) atoms. The van der Waals surface area contributed by atoms with E-state index in [9.17, 15) is 41.0 Å². The number of benzene rings is 2. The Kier molecular flexibility index (Phi) is 8.32. The van der Waals surface area contributed by atoms with Gasteiger partial charge in [0, 0.05) is 28.9 Å². The van der Waals surface area contributed by atoms with E-state index in [2.05, 4.69) is 10.6 Å². The number of nitrogens with zero attached hydrogens (tertiary/aromatic N) is 1. The number of hydrogen-bond acceptors (Lipinski definition) is 4. The van der Waals surface area contributed by atoms with Gasteiger partial charge < -0.3 is 20.6 Å². The largest absolute Gasteiger partial charge is 0.430 e. The molecule has 186 valence electrons. The molecule has 0 aromatic heterocycles. The molecule has 0 fully saturated rings. The van der Waals surface area contributed by atoms with E-state index in [1.807, 2.05) is 19.0 Å². The van der Waals surface area contributed by atoms with Crippen LogP contribution < -0.4 is 10.6 Å². The van der Waals surface area contributed by atoms with Gasteiger partial charge in [0.25, 0.3) is 17.4 Å². The molecule has 3 N–H and O–H groups in total. The monoisotopic (exact) mass is 491 g/mol. The first kappa shape index (κ1) is 27.1. The fraction of sp³-hybridized carbons (Fsp3) is 0.364. The SMILES string of the molecule is CN(C)CCCNC(=O)c1ccc(NC(=O)c2ccc(C(O)(C(F)(F)F)C(F)(F)F)cc2)cc1. The van der Waals surface area contributed by atoms with E-state index in [4.69, 9.17) is 0 Å². The minimum absolute atomic E-state index is 0.238. The number of amides is 2. The molecule has 0 atom stereocenters. The van der Waals surface area contributed by atoms with Gasteiger partial charge in [0.15, 0.2) is 0 Å². The van der Waals surface area contributed by atoms with Gasteiger partial charge in [-0.2, -0.15) is 26.3 Å². The molecule has 0 radical (unpaired) electrons. The number of alkyl halides is 6. The van der Waals surface area contributed by atoms with E-state index in [0.717, 1.165) is 25.1 Å². The van der Waals surface area contributed by atoms with E-state index in [1.54, 1.807) is 0 Å². The first-order valence-electron chi connectivity index (χ1n) is 9.97. The number of nitrogens with one attached hydrogen (secondary N) is 2. The fourth-order valence-corrected chi connectivity index (χ4v) is 2.96. The summed E-state index contributed by atoms with van der Waals surface area (Å²) in [7, 11) is 3.82. The van der Waals surface area contributed by atoms with Gasteiger partial charge in [-0.1, -0.05) is 12.1 Å². The lowest BCUT2D eigenvalue weighted by molar-refractivity contribution is -0.376. The van der Waals surface area contributed by atoms with Gasteiger partial charge in [-0.15, -0.1) is 0 Å². The lowest BCUT2D eigenvalue weighted by Crippen LogP contribution is -2.53. The van der Waals surface area contributed by atoms with Crippen LogP contribution in [0.2, 0.25) is 0 Å². The van der Waals surface area contributed by atoms with Crippen LogP contribution in [-0.4, -0.2) is 61.4 Å². The maximum absolute atomic E-state index is 13.0. The molecule has 0 bridgehead atoms. The number of halogens is 6. The average Bonchev–Trinajstić information content (AvgIpc) is 2.75. The summed E-state index contributed by atoms with van der Waals surface area (Å²) in [6.07, 6.45) is -11.3. The molecule has 0 saturated carbocycles. The molecule has 2 aromatic carbocycles. The molecule has 0 aliphatic heterocycles. The summed E-state index contributed by atoms with van der Waals surface area (Å²) in [6, 6.07) is 8.00. The number of carbonyl (C=O) groups is 2. The van der Waals surface area contributed by atoms with Crippen LogP contribution in [0.1, 0.15) is 32.7 Å². The predicted octanol–water partition coefficient (Wildman–Crippen LogP) is 3.93. The minimum atomic E-state index is -6.02. The van der Waals surface area contributed by atoms with Gasteiger partial charge in [-0.25, -0.2) is 0 Å². The topological polar surface area (TPSA) is 81.7 Å². The highest BCUT2D eigenvalue weighted by atomic mass is 19.4. The average molecular weight is 491 g/mol. The lowest BCUT2D eigenvalue weighted by atomic mass is 9.91. The van der Waals surface area contributed by atoms with Crippen molar-refractivity contribution >= 4 is 17.5 Å². The molecular weight excluding hydrogens is 468 g/mol. The van der Waals surface area contributed by atoms with Crippen molar-refractivity contribution in [3.8, 4) is 0 Å². The molecule has 0 heterocycles. The van der Waals surface area contributed by atoms with Gasteiger partial charge >= 0.3 is 12.4 Å². The lowest BCUT2D eigenvalue weighted by Gasteiger charge is -2.32. The number of aliphatic hydroxyl groups is 1. The minimum Gasteiger partial charge on any atom is -0.369 e. The Bertz CT molecular complexity index is 973. The molecule has 12 heteroatoms. The van der Waals surface area contributed by atoms with Crippen molar-refractivity contribution in [2.24, 2.45) is 0 Å². The van der Waals surface area contributed by atoms with E-state index in [0.29, 0.717) is 24.2 Å². The highest BCUT2D eigenvalue weighted by Gasteiger charge is 2.71. The van der Waals surface area contributed by atoms with Gasteiger partial charge in [0.1, 0.15) is 0 Å². The zero-order valence-electron chi connectivity index (χ0n) is 18.2. The second-order valence-corrected chi connectivity index (χ2v) is 7.73. The summed E-state index contributed by atoms with van der Waals surface area (Å²) in [5.74, 6) is -1.12. The fourth-order valence-electron chi connectivity index (χ4n) is 2.96. The van der Waals surface area contributed by atoms with E-state index >= 15 is 0 Å². The Hall–Kier alpha value is -3.12. The van der Waals surface area contributed by atoms with Crippen LogP contribution in [0, 0.1) is 0 Å². The third-order valence-corrected chi connectivity index (χ3v) is 4.86. The van der Waals surface area contributed by atoms with Crippen molar-refractivity contribution in [1.29, 1.82) is 0 Å². The smallest absolute Gasteiger partial charge is 0.369 e. The summed E-state index contributed by atoms with van der Waals surface area (Å²) < 4.78 is 77.8. The normalized spacial score (nSPS) is 12.5. The van der Waals surface area contributed by atoms with Crippen LogP contribution in [0.5, 0.6) is 0 Å². The number of anilines is 1. The maximum atomic E-state index is 13.0. The molecule has 0 saturated heterocycles. The van der Waals surface area contributed by atoms with Crippen LogP contribution in [0.4, 0.5) is 32.0 Å². The van der Waals surface area contributed by atoms with Crippen molar-refractivity contribution < 1.29 is 41.0 Å². The van der Waals surface area contributed by atoms with Crippen LogP contribution in [-0.2, 0) is 5.60 Å². The zero-order chi connectivity index (χ0) is 25.7. The second kappa shape index (κ2) is 10.4. The van der Waals surface area contributed by atoms with Gasteiger partial charge in [-0.3, -0.25) is 9.59 Å². The first-order valence-corrected chi connectivity index (χ1v) is 9.97. The Morgan fingerprint density at radius 3 is 1.76 bits per heavy atom. The molecular formula is C22H23F6N3O3. The van der Waals surface area contributed by atoms with Crippen molar-refractivity contribution in [3.63, 3.8) is 0 Å². The maximum Gasteiger partial charge on any atom is 0.430 e. The van der Waals surface area contributed by atoms with E-state index in [1.165, 1.54) is 24.3 Å². The first-order chi connectivity index (χ1) is 15.7. The quantitative estimate of drug-likeness (QED) is 0.386. The predicted molar refractivity (Wildman–Crippen MR) is 112 cm³/mol. The van der Waals surface area contributed by atoms with E-state index in [-0.39, 0.29) is 17.2 Å². The van der Waals surface area contributed by atoms with Crippen LogP contribution >= 0.6 is 0 Å². The number of carbonyl (C=O) groups excluding carboxylic acids is 2. The molecule has 0 unspecified atom stereocenters. The van der Waals surface area contributed by atoms with Crippen molar-refractivity contribution in [1.82, 2.24) is 10.2 Å². The summed E-state index contributed by atoms with van der Waals surface area (Å²) >= 11 is 0. The molecule has 2 amide bonds. The van der Waals surface area contributed by atoms with Gasteiger partial charge in [0.05, 0.1) is 0 Å². The van der Waals surface area contributed by atoms with Crippen molar-refractivity contribution in [3.05, 3.63) is 65.2 Å². The molecule has 2 aromatic rings. The van der Waals surface area contributed by atoms with Crippen LogP contribution in [0.15, 0.2) is 48.5 Å². The van der Waals surface area contributed by atoms with Crippen LogP contribution in [0.3, 0.4) is 0 Å². The van der Waals surface area contributed by atoms with E-state index < -0.39 is 29.4 Å². The Balaban J connectivity index is 2.06. The molecule has 0 spiro atoms. The summed E-state index contributed by atoms with van der Waals surface area (Å²) in [4.78, 5) is 26.4. The van der Waals surface area contributed by atoms with Gasteiger partial charge in [0.2, 0.25) is 0 Å². The number of rotatable bonds is 8. The third-order valence-electron chi connectivity index (χ3n) is 4.86. The second-order valence-electron chi connectivity index (χ2n) is 7.73. The Morgan fingerprint density at radius 2 is 1.29 bits per heavy atom. The van der Waals surface area contributed by atoms with Crippen molar-refractivity contribution in [2.75, 3.05) is 32.5 Å². The molecule has 6 nitrogen and oxygen atoms in total. The molecule has 0 aliphatic carbocycles.